The van der Waals surface area contributed by atoms with E-state index in [1.807, 2.05) is 0 Å². The average molecular weight is 198 g/mol. The Bertz CT molecular complexity index is 264. The van der Waals surface area contributed by atoms with Crippen molar-refractivity contribution in [3.05, 3.63) is 30.1 Å². The zero-order valence-electron chi connectivity index (χ0n) is 8.10. The number of aromatic nitrogens is 1. The van der Waals surface area contributed by atoms with Crippen molar-refractivity contribution >= 4 is 5.97 Å². The SMILES string of the molecule is COCCOC(=O)c1cccnc1.N. The van der Waals surface area contributed by atoms with Crippen molar-refractivity contribution in [2.75, 3.05) is 20.3 Å². The van der Waals surface area contributed by atoms with Gasteiger partial charge in [-0.25, -0.2) is 4.79 Å². The van der Waals surface area contributed by atoms with Crippen LogP contribution in [0.25, 0.3) is 0 Å². The van der Waals surface area contributed by atoms with Crippen LogP contribution in [0.2, 0.25) is 0 Å². The fourth-order valence-corrected chi connectivity index (χ4v) is 0.785. The van der Waals surface area contributed by atoms with Crippen LogP contribution in [0.1, 0.15) is 10.4 Å². The normalized spacial score (nSPS) is 8.93. The molecule has 5 heteroatoms. The monoisotopic (exact) mass is 198 g/mol. The molecular weight excluding hydrogens is 184 g/mol. The second kappa shape index (κ2) is 6.99. The van der Waals surface area contributed by atoms with Crippen molar-refractivity contribution in [2.24, 2.45) is 0 Å². The van der Waals surface area contributed by atoms with Gasteiger partial charge in [0, 0.05) is 19.5 Å². The number of hydrogen-bond acceptors (Lipinski definition) is 5. The topological polar surface area (TPSA) is 83.4 Å². The first kappa shape index (κ1) is 12.5. The van der Waals surface area contributed by atoms with Gasteiger partial charge in [-0.1, -0.05) is 0 Å². The largest absolute Gasteiger partial charge is 0.460 e. The fraction of sp³-hybridized carbons (Fsp3) is 0.333. The molecule has 0 radical (unpaired) electrons. The standard InChI is InChI=1S/C9H11NO3.H3N/c1-12-5-6-13-9(11)8-3-2-4-10-7-8;/h2-4,7H,5-6H2,1H3;1H3. The minimum atomic E-state index is -0.370. The van der Waals surface area contributed by atoms with E-state index in [9.17, 15) is 4.79 Å². The average Bonchev–Trinajstić information content (AvgIpc) is 2.19. The molecule has 0 aromatic carbocycles. The summed E-state index contributed by atoms with van der Waals surface area (Å²) in [5.74, 6) is -0.370. The maximum atomic E-state index is 11.2. The van der Waals surface area contributed by atoms with Crippen LogP contribution in [0.3, 0.4) is 0 Å². The van der Waals surface area contributed by atoms with Crippen molar-refractivity contribution in [1.82, 2.24) is 11.1 Å². The molecule has 0 fully saturated rings. The van der Waals surface area contributed by atoms with Gasteiger partial charge in [0.1, 0.15) is 6.61 Å². The Morgan fingerprint density at radius 1 is 1.50 bits per heavy atom. The lowest BCUT2D eigenvalue weighted by Crippen LogP contribution is -2.09. The lowest BCUT2D eigenvalue weighted by atomic mass is 10.3. The number of methoxy groups -OCH3 is 1. The molecule has 0 aliphatic rings. The Labute approximate surface area is 82.6 Å². The molecular formula is C9H14N2O3. The van der Waals surface area contributed by atoms with E-state index in [0.29, 0.717) is 12.2 Å². The van der Waals surface area contributed by atoms with E-state index in [0.717, 1.165) is 0 Å². The van der Waals surface area contributed by atoms with Crippen molar-refractivity contribution in [2.45, 2.75) is 0 Å². The van der Waals surface area contributed by atoms with E-state index in [4.69, 9.17) is 9.47 Å². The third-order valence-corrected chi connectivity index (χ3v) is 1.42. The molecule has 3 N–H and O–H groups in total. The first-order chi connectivity index (χ1) is 6.34. The van der Waals surface area contributed by atoms with E-state index in [-0.39, 0.29) is 18.7 Å². The molecule has 0 spiro atoms. The van der Waals surface area contributed by atoms with Gasteiger partial charge in [-0.15, -0.1) is 0 Å². The van der Waals surface area contributed by atoms with Gasteiger partial charge in [-0.3, -0.25) is 4.98 Å². The molecule has 5 nitrogen and oxygen atoms in total. The summed E-state index contributed by atoms with van der Waals surface area (Å²) >= 11 is 0. The number of esters is 1. The van der Waals surface area contributed by atoms with Crippen LogP contribution in [-0.4, -0.2) is 31.3 Å². The minimum absolute atomic E-state index is 0. The van der Waals surface area contributed by atoms with Gasteiger partial charge in [0.15, 0.2) is 0 Å². The van der Waals surface area contributed by atoms with E-state index in [1.54, 1.807) is 25.4 Å². The second-order valence-corrected chi connectivity index (χ2v) is 2.37. The summed E-state index contributed by atoms with van der Waals surface area (Å²) in [6.07, 6.45) is 3.07. The van der Waals surface area contributed by atoms with Gasteiger partial charge in [0.05, 0.1) is 12.2 Å². The van der Waals surface area contributed by atoms with Gasteiger partial charge >= 0.3 is 5.97 Å². The van der Waals surface area contributed by atoms with Crippen molar-refractivity contribution in [3.63, 3.8) is 0 Å². The molecule has 1 heterocycles. The number of hydrogen-bond donors (Lipinski definition) is 1. The van der Waals surface area contributed by atoms with Crippen LogP contribution in [0.5, 0.6) is 0 Å². The zero-order chi connectivity index (χ0) is 9.52. The van der Waals surface area contributed by atoms with Crippen LogP contribution in [0, 0.1) is 0 Å². The first-order valence-corrected chi connectivity index (χ1v) is 3.90. The van der Waals surface area contributed by atoms with E-state index < -0.39 is 0 Å². The lowest BCUT2D eigenvalue weighted by molar-refractivity contribution is 0.0387. The van der Waals surface area contributed by atoms with Crippen LogP contribution in [0.15, 0.2) is 24.5 Å². The predicted octanol–water partition coefficient (Wildman–Crippen LogP) is 1.05. The maximum absolute atomic E-state index is 11.2. The number of ether oxygens (including phenoxy) is 2. The molecule has 0 saturated carbocycles. The Hall–Kier alpha value is -1.46. The molecule has 0 amide bonds. The number of carbonyl (C=O) groups is 1. The predicted molar refractivity (Wildman–Crippen MR) is 51.4 cm³/mol. The number of rotatable bonds is 4. The summed E-state index contributed by atoms with van der Waals surface area (Å²) in [4.78, 5) is 15.0. The highest BCUT2D eigenvalue weighted by molar-refractivity contribution is 5.88. The maximum Gasteiger partial charge on any atom is 0.339 e. The molecule has 14 heavy (non-hydrogen) atoms. The Kier molecular flexibility index (Phi) is 6.26. The first-order valence-electron chi connectivity index (χ1n) is 3.90. The molecule has 1 rings (SSSR count). The highest BCUT2D eigenvalue weighted by Crippen LogP contribution is 1.98. The molecule has 1 aromatic heterocycles. The molecule has 0 aliphatic carbocycles. The van der Waals surface area contributed by atoms with Crippen molar-refractivity contribution in [3.8, 4) is 0 Å². The van der Waals surface area contributed by atoms with Gasteiger partial charge in [0.2, 0.25) is 0 Å². The second-order valence-electron chi connectivity index (χ2n) is 2.37. The van der Waals surface area contributed by atoms with E-state index in [1.165, 1.54) is 6.20 Å². The van der Waals surface area contributed by atoms with Crippen LogP contribution in [0.4, 0.5) is 0 Å². The molecule has 0 aliphatic heterocycles. The van der Waals surface area contributed by atoms with E-state index >= 15 is 0 Å². The molecule has 1 aromatic rings. The van der Waals surface area contributed by atoms with Crippen LogP contribution < -0.4 is 6.15 Å². The third-order valence-electron chi connectivity index (χ3n) is 1.42. The number of carbonyl (C=O) groups excluding carboxylic acids is 1. The summed E-state index contributed by atoms with van der Waals surface area (Å²) in [5.41, 5.74) is 0.457. The molecule has 0 atom stereocenters. The quantitative estimate of drug-likeness (QED) is 0.577. The summed E-state index contributed by atoms with van der Waals surface area (Å²) < 4.78 is 9.60. The summed E-state index contributed by atoms with van der Waals surface area (Å²) in [7, 11) is 1.55. The highest BCUT2D eigenvalue weighted by atomic mass is 16.6. The van der Waals surface area contributed by atoms with Gasteiger partial charge < -0.3 is 15.6 Å². The lowest BCUT2D eigenvalue weighted by Gasteiger charge is -2.02. The van der Waals surface area contributed by atoms with Gasteiger partial charge in [0.25, 0.3) is 0 Å². The van der Waals surface area contributed by atoms with E-state index in [2.05, 4.69) is 4.98 Å². The molecule has 0 bridgehead atoms. The Morgan fingerprint density at radius 3 is 2.86 bits per heavy atom. The summed E-state index contributed by atoms with van der Waals surface area (Å²) in [5, 5.41) is 0. The number of nitrogens with zero attached hydrogens (tertiary/aromatic N) is 1. The zero-order valence-corrected chi connectivity index (χ0v) is 8.10. The Balaban J connectivity index is 0.00000169. The molecule has 0 unspecified atom stereocenters. The smallest absolute Gasteiger partial charge is 0.339 e. The molecule has 0 saturated heterocycles. The van der Waals surface area contributed by atoms with Crippen molar-refractivity contribution in [1.29, 1.82) is 0 Å². The van der Waals surface area contributed by atoms with Crippen LogP contribution >= 0.6 is 0 Å². The highest BCUT2D eigenvalue weighted by Gasteiger charge is 2.04. The van der Waals surface area contributed by atoms with Crippen LogP contribution in [-0.2, 0) is 9.47 Å². The fourth-order valence-electron chi connectivity index (χ4n) is 0.785. The summed E-state index contributed by atoms with van der Waals surface area (Å²) in [6.45, 7) is 0.677. The molecule has 78 valence electrons. The number of pyridine rings is 1. The summed E-state index contributed by atoms with van der Waals surface area (Å²) in [6, 6.07) is 3.34. The van der Waals surface area contributed by atoms with Crippen molar-refractivity contribution < 1.29 is 14.3 Å². The van der Waals surface area contributed by atoms with Gasteiger partial charge in [-0.05, 0) is 12.1 Å². The Morgan fingerprint density at radius 2 is 2.29 bits per heavy atom. The van der Waals surface area contributed by atoms with Gasteiger partial charge in [-0.2, -0.15) is 0 Å². The third kappa shape index (κ3) is 3.97. The minimum Gasteiger partial charge on any atom is -0.460 e.